The maximum Gasteiger partial charge on any atom is 0.191 e. The molecule has 0 aromatic rings. The molecule has 12 heavy (non-hydrogen) atoms. The first-order chi connectivity index (χ1) is 5.57. The monoisotopic (exact) mass is 180 g/mol. The average Bonchev–Trinajstić information content (AvgIpc) is 2.08. The standard InChI is InChI=1S/C7H13FO4/c1-3-5(9)6(10)4(8)7(11-2)12-3/h3-7,9-10H,1-2H3/t3-,4+,5+,6-,7+/m0/s1. The Bertz CT molecular complexity index is 150. The van der Waals surface area contributed by atoms with Crippen LogP contribution in [0, 0.1) is 0 Å². The van der Waals surface area contributed by atoms with E-state index in [1.54, 1.807) is 6.92 Å². The number of hydrogen-bond acceptors (Lipinski definition) is 4. The summed E-state index contributed by atoms with van der Waals surface area (Å²) in [4.78, 5) is 0. The van der Waals surface area contributed by atoms with Crippen molar-refractivity contribution in [3.8, 4) is 0 Å². The molecule has 0 saturated carbocycles. The van der Waals surface area contributed by atoms with E-state index in [9.17, 15) is 4.39 Å². The summed E-state index contributed by atoms with van der Waals surface area (Å²) in [5, 5.41) is 18.3. The van der Waals surface area contributed by atoms with Gasteiger partial charge in [-0.15, -0.1) is 0 Å². The van der Waals surface area contributed by atoms with Crippen molar-refractivity contribution >= 4 is 0 Å². The van der Waals surface area contributed by atoms with E-state index in [1.807, 2.05) is 0 Å². The van der Waals surface area contributed by atoms with Gasteiger partial charge in [0.15, 0.2) is 12.5 Å². The normalized spacial score (nSPS) is 49.2. The van der Waals surface area contributed by atoms with E-state index in [1.165, 1.54) is 7.11 Å². The predicted molar refractivity (Wildman–Crippen MR) is 38.3 cm³/mol. The number of rotatable bonds is 1. The molecule has 1 aliphatic heterocycles. The molecule has 5 heteroatoms. The summed E-state index contributed by atoms with van der Waals surface area (Å²) in [5.74, 6) is 0. The van der Waals surface area contributed by atoms with Crippen molar-refractivity contribution < 1.29 is 24.1 Å². The minimum absolute atomic E-state index is 0.614. The Hall–Kier alpha value is -0.230. The number of hydrogen-bond donors (Lipinski definition) is 2. The van der Waals surface area contributed by atoms with Gasteiger partial charge in [0.1, 0.15) is 12.2 Å². The highest BCUT2D eigenvalue weighted by atomic mass is 19.1. The molecular formula is C7H13FO4. The van der Waals surface area contributed by atoms with Gasteiger partial charge in [0.2, 0.25) is 0 Å². The molecule has 4 nitrogen and oxygen atoms in total. The lowest BCUT2D eigenvalue weighted by atomic mass is 10.0. The van der Waals surface area contributed by atoms with Crippen LogP contribution in [0.1, 0.15) is 6.92 Å². The fourth-order valence-electron chi connectivity index (χ4n) is 1.18. The first-order valence-electron chi connectivity index (χ1n) is 3.76. The van der Waals surface area contributed by atoms with Crippen LogP contribution >= 0.6 is 0 Å². The summed E-state index contributed by atoms with van der Waals surface area (Å²) in [6.45, 7) is 1.55. The Morgan fingerprint density at radius 2 is 1.92 bits per heavy atom. The van der Waals surface area contributed by atoms with Crippen molar-refractivity contribution in [1.29, 1.82) is 0 Å². The Kier molecular flexibility index (Phi) is 3.00. The highest BCUT2D eigenvalue weighted by Crippen LogP contribution is 2.23. The minimum atomic E-state index is -1.69. The Morgan fingerprint density at radius 1 is 1.33 bits per heavy atom. The zero-order valence-electron chi connectivity index (χ0n) is 6.98. The van der Waals surface area contributed by atoms with Gasteiger partial charge in [0.05, 0.1) is 6.10 Å². The Morgan fingerprint density at radius 3 is 2.42 bits per heavy atom. The van der Waals surface area contributed by atoms with Crippen LogP contribution in [0.4, 0.5) is 4.39 Å². The summed E-state index contributed by atoms with van der Waals surface area (Å²) in [6.07, 6.45) is -6.01. The van der Waals surface area contributed by atoms with Crippen molar-refractivity contribution in [2.75, 3.05) is 7.11 Å². The zero-order valence-corrected chi connectivity index (χ0v) is 6.98. The quantitative estimate of drug-likeness (QED) is 0.567. The third-order valence-electron chi connectivity index (χ3n) is 2.00. The molecule has 1 heterocycles. The molecule has 0 spiro atoms. The van der Waals surface area contributed by atoms with Crippen LogP contribution in [0.3, 0.4) is 0 Å². The van der Waals surface area contributed by atoms with Crippen LogP contribution in [0.2, 0.25) is 0 Å². The number of alkyl halides is 1. The average molecular weight is 180 g/mol. The van der Waals surface area contributed by atoms with E-state index in [4.69, 9.17) is 14.9 Å². The molecule has 0 radical (unpaired) electrons. The molecule has 0 unspecified atom stereocenters. The van der Waals surface area contributed by atoms with Crippen molar-refractivity contribution in [3.63, 3.8) is 0 Å². The molecule has 5 atom stereocenters. The van der Waals surface area contributed by atoms with Gasteiger partial charge in [0.25, 0.3) is 0 Å². The molecule has 1 saturated heterocycles. The molecule has 0 aliphatic carbocycles. The predicted octanol–water partition coefficient (Wildman–Crippen LogP) is -0.563. The van der Waals surface area contributed by atoms with Crippen molar-refractivity contribution in [2.24, 2.45) is 0 Å². The van der Waals surface area contributed by atoms with Crippen LogP contribution in [-0.2, 0) is 9.47 Å². The minimum Gasteiger partial charge on any atom is -0.388 e. The zero-order chi connectivity index (χ0) is 9.30. The SMILES string of the molecule is CO[C@@H]1O[C@@H](C)[C@@H](O)[C@@H](O)[C@H]1F. The molecule has 2 N–H and O–H groups in total. The van der Waals surface area contributed by atoms with Gasteiger partial charge in [-0.3, -0.25) is 0 Å². The summed E-state index contributed by atoms with van der Waals surface area (Å²) in [5.41, 5.74) is 0. The van der Waals surface area contributed by atoms with Gasteiger partial charge in [-0.25, -0.2) is 4.39 Å². The van der Waals surface area contributed by atoms with Crippen LogP contribution in [0.5, 0.6) is 0 Å². The van der Waals surface area contributed by atoms with E-state index in [2.05, 4.69) is 4.74 Å². The number of aliphatic hydroxyl groups is 2. The summed E-state index contributed by atoms with van der Waals surface area (Å²) < 4.78 is 22.6. The molecule has 1 fully saturated rings. The molecule has 0 aromatic carbocycles. The fraction of sp³-hybridized carbons (Fsp3) is 1.00. The maximum atomic E-state index is 13.0. The first-order valence-corrected chi connectivity index (χ1v) is 3.76. The Labute approximate surface area is 69.9 Å². The summed E-state index contributed by atoms with van der Waals surface area (Å²) >= 11 is 0. The molecule has 0 aromatic heterocycles. The highest BCUT2D eigenvalue weighted by molar-refractivity contribution is 4.87. The first kappa shape index (κ1) is 9.85. The topological polar surface area (TPSA) is 58.9 Å². The van der Waals surface area contributed by atoms with Crippen LogP contribution < -0.4 is 0 Å². The molecular weight excluding hydrogens is 167 g/mol. The fourth-order valence-corrected chi connectivity index (χ4v) is 1.18. The highest BCUT2D eigenvalue weighted by Gasteiger charge is 2.43. The number of methoxy groups -OCH3 is 1. The maximum absolute atomic E-state index is 13.0. The lowest BCUT2D eigenvalue weighted by Gasteiger charge is -2.37. The van der Waals surface area contributed by atoms with Crippen LogP contribution in [-0.4, -0.2) is 48.1 Å². The van der Waals surface area contributed by atoms with Gasteiger partial charge in [-0.05, 0) is 6.92 Å². The summed E-state index contributed by atoms with van der Waals surface area (Å²) in [7, 11) is 1.29. The van der Waals surface area contributed by atoms with E-state index >= 15 is 0 Å². The van der Waals surface area contributed by atoms with Crippen molar-refractivity contribution in [3.05, 3.63) is 0 Å². The summed E-state index contributed by atoms with van der Waals surface area (Å²) in [6, 6.07) is 0. The number of ether oxygens (including phenoxy) is 2. The number of aliphatic hydroxyl groups excluding tert-OH is 2. The van der Waals surface area contributed by atoms with Crippen LogP contribution in [0.15, 0.2) is 0 Å². The third kappa shape index (κ3) is 1.59. The molecule has 1 aliphatic rings. The van der Waals surface area contributed by atoms with E-state index in [0.29, 0.717) is 0 Å². The Balaban J connectivity index is 2.63. The molecule has 1 rings (SSSR count). The molecule has 72 valence electrons. The third-order valence-corrected chi connectivity index (χ3v) is 2.00. The van der Waals surface area contributed by atoms with E-state index in [-0.39, 0.29) is 0 Å². The van der Waals surface area contributed by atoms with Crippen LogP contribution in [0.25, 0.3) is 0 Å². The van der Waals surface area contributed by atoms with Gasteiger partial charge in [-0.2, -0.15) is 0 Å². The second-order valence-corrected chi connectivity index (χ2v) is 2.87. The lowest BCUT2D eigenvalue weighted by Crippen LogP contribution is -2.55. The second-order valence-electron chi connectivity index (χ2n) is 2.87. The van der Waals surface area contributed by atoms with Gasteiger partial charge >= 0.3 is 0 Å². The van der Waals surface area contributed by atoms with Gasteiger partial charge in [-0.1, -0.05) is 0 Å². The number of halogens is 1. The van der Waals surface area contributed by atoms with E-state index in [0.717, 1.165) is 0 Å². The van der Waals surface area contributed by atoms with Gasteiger partial charge in [0, 0.05) is 7.11 Å². The van der Waals surface area contributed by atoms with E-state index < -0.39 is 30.8 Å². The van der Waals surface area contributed by atoms with Crippen molar-refractivity contribution in [2.45, 2.75) is 37.7 Å². The largest absolute Gasteiger partial charge is 0.388 e. The lowest BCUT2D eigenvalue weighted by molar-refractivity contribution is -0.270. The van der Waals surface area contributed by atoms with Crippen molar-refractivity contribution in [1.82, 2.24) is 0 Å². The smallest absolute Gasteiger partial charge is 0.191 e. The molecule has 0 bridgehead atoms. The van der Waals surface area contributed by atoms with Gasteiger partial charge < -0.3 is 19.7 Å². The molecule has 0 amide bonds. The second kappa shape index (κ2) is 3.66.